The summed E-state index contributed by atoms with van der Waals surface area (Å²) in [7, 11) is 3.45. The molecule has 0 aliphatic rings. The van der Waals surface area contributed by atoms with Crippen LogP contribution in [0.2, 0.25) is 0 Å². The number of halogens is 1. The molecule has 1 unspecified atom stereocenters. The van der Waals surface area contributed by atoms with E-state index >= 15 is 0 Å². The van der Waals surface area contributed by atoms with Gasteiger partial charge in [0.05, 0.1) is 18.8 Å². The molecule has 2 aromatic rings. The quantitative estimate of drug-likeness (QED) is 0.407. The van der Waals surface area contributed by atoms with Crippen molar-refractivity contribution in [2.45, 2.75) is 19.5 Å². The van der Waals surface area contributed by atoms with E-state index in [9.17, 15) is 0 Å². The number of rotatable bonds is 6. The van der Waals surface area contributed by atoms with Crippen LogP contribution >= 0.6 is 35.3 Å². The van der Waals surface area contributed by atoms with Crippen molar-refractivity contribution < 1.29 is 4.74 Å². The topological polar surface area (TPSA) is 58.5 Å². The van der Waals surface area contributed by atoms with Crippen molar-refractivity contribution in [1.82, 2.24) is 15.6 Å². The first kappa shape index (κ1) is 19.9. The van der Waals surface area contributed by atoms with E-state index < -0.39 is 0 Å². The zero-order chi connectivity index (χ0) is 15.8. The average Bonchev–Trinajstić information content (AvgIpc) is 3.01. The highest BCUT2D eigenvalue weighted by Crippen LogP contribution is 2.21. The number of aromatic nitrogens is 1. The molecule has 0 radical (unpaired) electrons. The fraction of sp³-hybridized carbons (Fsp3) is 0.375. The van der Waals surface area contributed by atoms with E-state index in [0.29, 0.717) is 13.2 Å². The predicted octanol–water partition coefficient (Wildman–Crippen LogP) is 3.13. The predicted molar refractivity (Wildman–Crippen MR) is 108 cm³/mol. The summed E-state index contributed by atoms with van der Waals surface area (Å²) in [5, 5.41) is 9.65. The van der Waals surface area contributed by atoms with Gasteiger partial charge in [-0.1, -0.05) is 30.3 Å². The van der Waals surface area contributed by atoms with Crippen LogP contribution in [0.4, 0.5) is 0 Å². The van der Waals surface area contributed by atoms with Crippen molar-refractivity contribution in [2.75, 3.05) is 20.8 Å². The first-order valence-corrected chi connectivity index (χ1v) is 8.07. The van der Waals surface area contributed by atoms with Crippen molar-refractivity contribution in [2.24, 2.45) is 4.99 Å². The Morgan fingerprint density at radius 1 is 1.35 bits per heavy atom. The normalized spacial score (nSPS) is 12.4. The molecule has 2 N–H and O–H groups in total. The number of aliphatic imine (C=N–C) groups is 1. The van der Waals surface area contributed by atoms with Gasteiger partial charge in [0.15, 0.2) is 5.96 Å². The second-order valence-electron chi connectivity index (χ2n) is 4.92. The maximum Gasteiger partial charge on any atom is 0.191 e. The average molecular weight is 446 g/mol. The van der Waals surface area contributed by atoms with Crippen LogP contribution in [0.1, 0.15) is 11.9 Å². The van der Waals surface area contributed by atoms with Crippen LogP contribution in [0.25, 0.3) is 11.3 Å². The van der Waals surface area contributed by atoms with E-state index in [1.54, 1.807) is 25.5 Å². The monoisotopic (exact) mass is 446 g/mol. The zero-order valence-corrected chi connectivity index (χ0v) is 16.7. The van der Waals surface area contributed by atoms with Gasteiger partial charge in [-0.05, 0) is 6.92 Å². The van der Waals surface area contributed by atoms with Crippen LogP contribution in [-0.4, -0.2) is 37.7 Å². The van der Waals surface area contributed by atoms with E-state index in [0.717, 1.165) is 22.2 Å². The van der Waals surface area contributed by atoms with Gasteiger partial charge in [-0.2, -0.15) is 0 Å². The number of nitrogens with one attached hydrogen (secondary N) is 2. The van der Waals surface area contributed by atoms with Crippen LogP contribution in [0, 0.1) is 0 Å². The lowest BCUT2D eigenvalue weighted by Gasteiger charge is -2.16. The van der Waals surface area contributed by atoms with E-state index in [-0.39, 0.29) is 30.0 Å². The molecule has 1 heterocycles. The van der Waals surface area contributed by atoms with Crippen molar-refractivity contribution in [3.8, 4) is 11.3 Å². The standard InChI is InChI=1S/C16H22N4OS.HI/c1-12(10-21-3)19-16(17-2)18-9-15-20-14(11-22-15)13-7-5-4-6-8-13;/h4-8,11-12H,9-10H2,1-3H3,(H2,17,18,19);1H. The SMILES string of the molecule is CN=C(NCc1nc(-c2ccccc2)cs1)NC(C)COC.I. The summed E-state index contributed by atoms with van der Waals surface area (Å²) in [6, 6.07) is 10.4. The van der Waals surface area contributed by atoms with E-state index in [1.165, 1.54) is 0 Å². The Hall–Kier alpha value is -1.19. The van der Waals surface area contributed by atoms with Crippen molar-refractivity contribution >= 4 is 41.3 Å². The number of thiazole rings is 1. The Labute approximate surface area is 158 Å². The fourth-order valence-electron chi connectivity index (χ4n) is 2.01. The molecule has 1 atom stereocenters. The Morgan fingerprint density at radius 3 is 2.74 bits per heavy atom. The molecule has 2 rings (SSSR count). The molecule has 0 spiro atoms. The molecule has 0 aliphatic carbocycles. The number of ether oxygens (including phenoxy) is 1. The number of hydrogen-bond donors (Lipinski definition) is 2. The van der Waals surface area contributed by atoms with Gasteiger partial charge < -0.3 is 15.4 Å². The second kappa shape index (κ2) is 10.6. The number of hydrogen-bond acceptors (Lipinski definition) is 4. The summed E-state index contributed by atoms with van der Waals surface area (Å²) in [5.41, 5.74) is 2.15. The minimum atomic E-state index is 0. The van der Waals surface area contributed by atoms with Crippen LogP contribution in [0.5, 0.6) is 0 Å². The lowest BCUT2D eigenvalue weighted by atomic mass is 10.2. The van der Waals surface area contributed by atoms with Gasteiger partial charge >= 0.3 is 0 Å². The summed E-state index contributed by atoms with van der Waals surface area (Å²) in [6.45, 7) is 3.33. The highest BCUT2D eigenvalue weighted by molar-refractivity contribution is 14.0. The Morgan fingerprint density at radius 2 is 2.09 bits per heavy atom. The maximum absolute atomic E-state index is 5.11. The Balaban J connectivity index is 0.00000264. The molecule has 0 aliphatic heterocycles. The Kier molecular flexibility index (Phi) is 9.12. The molecule has 0 bridgehead atoms. The van der Waals surface area contributed by atoms with E-state index in [1.807, 2.05) is 25.1 Å². The third kappa shape index (κ3) is 6.44. The highest BCUT2D eigenvalue weighted by Gasteiger charge is 2.07. The summed E-state index contributed by atoms with van der Waals surface area (Å²) >= 11 is 1.64. The third-order valence-corrected chi connectivity index (χ3v) is 3.90. The highest BCUT2D eigenvalue weighted by atomic mass is 127. The van der Waals surface area contributed by atoms with Gasteiger partial charge in [-0.3, -0.25) is 4.99 Å². The smallest absolute Gasteiger partial charge is 0.191 e. The molecule has 1 aromatic heterocycles. The van der Waals surface area contributed by atoms with Crippen molar-refractivity contribution in [1.29, 1.82) is 0 Å². The molecule has 23 heavy (non-hydrogen) atoms. The fourth-order valence-corrected chi connectivity index (χ4v) is 2.76. The van der Waals surface area contributed by atoms with Crippen LogP contribution in [0.3, 0.4) is 0 Å². The van der Waals surface area contributed by atoms with Crippen LogP contribution in [0.15, 0.2) is 40.7 Å². The minimum Gasteiger partial charge on any atom is -0.383 e. The Bertz CT molecular complexity index is 603. The number of benzene rings is 1. The summed E-state index contributed by atoms with van der Waals surface area (Å²) < 4.78 is 5.11. The molecule has 1 aromatic carbocycles. The van der Waals surface area contributed by atoms with Crippen LogP contribution < -0.4 is 10.6 Å². The lowest BCUT2D eigenvalue weighted by Crippen LogP contribution is -2.43. The summed E-state index contributed by atoms with van der Waals surface area (Å²) in [6.07, 6.45) is 0. The molecule has 0 fully saturated rings. The maximum atomic E-state index is 5.11. The molecule has 7 heteroatoms. The first-order chi connectivity index (χ1) is 10.7. The number of guanidine groups is 1. The molecule has 0 saturated carbocycles. The zero-order valence-electron chi connectivity index (χ0n) is 13.6. The second-order valence-corrected chi connectivity index (χ2v) is 5.86. The van der Waals surface area contributed by atoms with Gasteiger partial charge in [-0.25, -0.2) is 4.98 Å². The van der Waals surface area contributed by atoms with Crippen molar-refractivity contribution in [3.05, 3.63) is 40.7 Å². The molecule has 0 amide bonds. The summed E-state index contributed by atoms with van der Waals surface area (Å²) in [4.78, 5) is 8.86. The largest absolute Gasteiger partial charge is 0.383 e. The van der Waals surface area contributed by atoms with E-state index in [4.69, 9.17) is 4.74 Å². The summed E-state index contributed by atoms with van der Waals surface area (Å²) in [5.74, 6) is 0.751. The molecular formula is C16H23IN4OS. The molecule has 0 saturated heterocycles. The first-order valence-electron chi connectivity index (χ1n) is 7.19. The van der Waals surface area contributed by atoms with Gasteiger partial charge in [0.25, 0.3) is 0 Å². The van der Waals surface area contributed by atoms with E-state index in [2.05, 4.69) is 38.1 Å². The van der Waals surface area contributed by atoms with Crippen LogP contribution in [-0.2, 0) is 11.3 Å². The van der Waals surface area contributed by atoms with Crippen molar-refractivity contribution in [3.63, 3.8) is 0 Å². The molecule has 5 nitrogen and oxygen atoms in total. The van der Waals surface area contributed by atoms with Gasteiger partial charge in [0.1, 0.15) is 5.01 Å². The minimum absolute atomic E-state index is 0. The third-order valence-electron chi connectivity index (χ3n) is 3.05. The lowest BCUT2D eigenvalue weighted by molar-refractivity contribution is 0.179. The van der Waals surface area contributed by atoms with Gasteiger partial charge in [0.2, 0.25) is 0 Å². The number of methoxy groups -OCH3 is 1. The molecular weight excluding hydrogens is 423 g/mol. The van der Waals surface area contributed by atoms with Gasteiger partial charge in [-0.15, -0.1) is 35.3 Å². The van der Waals surface area contributed by atoms with Gasteiger partial charge in [0, 0.05) is 31.1 Å². The molecule has 126 valence electrons. The number of nitrogens with zero attached hydrogens (tertiary/aromatic N) is 2.